The molecule has 1 aliphatic heterocycles. The number of hydrogen-bond acceptors (Lipinski definition) is 3. The molecule has 3 rings (SSSR count). The van der Waals surface area contributed by atoms with E-state index in [9.17, 15) is 9.90 Å². The first-order valence-corrected chi connectivity index (χ1v) is 7.38. The quantitative estimate of drug-likeness (QED) is 0.850. The predicted molar refractivity (Wildman–Crippen MR) is 84.4 cm³/mol. The molecule has 1 aromatic carbocycles. The summed E-state index contributed by atoms with van der Waals surface area (Å²) in [5.41, 5.74) is 1.86. The van der Waals surface area contributed by atoms with E-state index in [0.717, 1.165) is 5.56 Å². The van der Waals surface area contributed by atoms with E-state index < -0.39 is 5.72 Å². The Bertz CT molecular complexity index is 717. The summed E-state index contributed by atoms with van der Waals surface area (Å²) < 4.78 is 0. The lowest BCUT2D eigenvalue weighted by atomic mass is 9.84. The average Bonchev–Trinajstić information content (AvgIpc) is 2.46. The van der Waals surface area contributed by atoms with Crippen LogP contribution in [0.1, 0.15) is 47.8 Å². The van der Waals surface area contributed by atoms with Crippen molar-refractivity contribution in [3.63, 3.8) is 0 Å². The van der Waals surface area contributed by atoms with E-state index in [4.69, 9.17) is 0 Å². The molecule has 114 valence electrons. The number of carbonyl (C=O) groups is 1. The maximum absolute atomic E-state index is 12.2. The Hall–Kier alpha value is -2.20. The van der Waals surface area contributed by atoms with Gasteiger partial charge in [-0.3, -0.25) is 9.78 Å². The first-order valence-electron chi connectivity index (χ1n) is 7.38. The van der Waals surface area contributed by atoms with Gasteiger partial charge in [-0.1, -0.05) is 45.0 Å². The van der Waals surface area contributed by atoms with Crippen LogP contribution in [0.25, 0.3) is 0 Å². The van der Waals surface area contributed by atoms with Crippen LogP contribution in [0.5, 0.6) is 0 Å². The molecule has 2 heterocycles. The van der Waals surface area contributed by atoms with Crippen molar-refractivity contribution in [2.24, 2.45) is 0 Å². The number of hydrogen-bond donors (Lipinski definition) is 2. The van der Waals surface area contributed by atoms with E-state index in [2.05, 4.69) is 31.1 Å². The Morgan fingerprint density at radius 3 is 2.50 bits per heavy atom. The molecule has 0 bridgehead atoms. The molecule has 1 aliphatic rings. The molecular weight excluding hydrogens is 276 g/mol. The monoisotopic (exact) mass is 296 g/mol. The maximum Gasteiger partial charge on any atom is 0.254 e. The number of amides is 1. The molecule has 4 nitrogen and oxygen atoms in total. The van der Waals surface area contributed by atoms with Crippen molar-refractivity contribution in [1.29, 1.82) is 0 Å². The topological polar surface area (TPSA) is 62.2 Å². The second-order valence-corrected chi connectivity index (χ2v) is 6.85. The van der Waals surface area contributed by atoms with Crippen molar-refractivity contribution in [3.8, 4) is 0 Å². The fourth-order valence-electron chi connectivity index (χ4n) is 2.78. The minimum Gasteiger partial charge on any atom is -0.366 e. The van der Waals surface area contributed by atoms with Gasteiger partial charge in [0.1, 0.15) is 0 Å². The Kier molecular flexibility index (Phi) is 3.29. The van der Waals surface area contributed by atoms with E-state index in [1.54, 1.807) is 18.5 Å². The molecule has 0 radical (unpaired) electrons. The van der Waals surface area contributed by atoms with Gasteiger partial charge in [-0.05, 0) is 22.6 Å². The normalized spacial score (nSPS) is 21.2. The molecule has 0 saturated heterocycles. The second kappa shape index (κ2) is 4.92. The van der Waals surface area contributed by atoms with Gasteiger partial charge >= 0.3 is 0 Å². The predicted octanol–water partition coefficient (Wildman–Crippen LogP) is 2.51. The van der Waals surface area contributed by atoms with Gasteiger partial charge in [0.15, 0.2) is 5.72 Å². The number of aromatic nitrogens is 1. The molecule has 0 spiro atoms. The van der Waals surface area contributed by atoms with Crippen molar-refractivity contribution < 1.29 is 9.90 Å². The van der Waals surface area contributed by atoms with Gasteiger partial charge in [-0.25, -0.2) is 0 Å². The summed E-state index contributed by atoms with van der Waals surface area (Å²) in [6.07, 6.45) is 3.54. The molecule has 22 heavy (non-hydrogen) atoms. The molecule has 1 amide bonds. The van der Waals surface area contributed by atoms with Crippen LogP contribution < -0.4 is 5.32 Å². The molecule has 1 unspecified atom stereocenters. The van der Waals surface area contributed by atoms with E-state index >= 15 is 0 Å². The van der Waals surface area contributed by atoms with Gasteiger partial charge in [0.2, 0.25) is 0 Å². The van der Waals surface area contributed by atoms with Gasteiger partial charge in [-0.2, -0.15) is 0 Å². The van der Waals surface area contributed by atoms with Gasteiger partial charge in [0, 0.05) is 29.9 Å². The molecule has 2 aromatic rings. The molecule has 1 aromatic heterocycles. The average molecular weight is 296 g/mol. The van der Waals surface area contributed by atoms with Crippen molar-refractivity contribution in [2.45, 2.75) is 38.3 Å². The summed E-state index contributed by atoms with van der Waals surface area (Å²) in [5.74, 6) is -0.272. The largest absolute Gasteiger partial charge is 0.366 e. The number of rotatable bonds is 1. The third kappa shape index (κ3) is 2.50. The maximum atomic E-state index is 12.2. The molecule has 4 heteroatoms. The molecular formula is C18H20N2O2. The van der Waals surface area contributed by atoms with Crippen molar-refractivity contribution in [3.05, 3.63) is 65.0 Å². The highest BCUT2D eigenvalue weighted by atomic mass is 16.3. The van der Waals surface area contributed by atoms with Crippen molar-refractivity contribution in [2.75, 3.05) is 0 Å². The lowest BCUT2D eigenvalue weighted by Crippen LogP contribution is -2.51. The summed E-state index contributed by atoms with van der Waals surface area (Å²) in [6, 6.07) is 9.42. The van der Waals surface area contributed by atoms with Crippen LogP contribution >= 0.6 is 0 Å². The zero-order valence-corrected chi connectivity index (χ0v) is 13.1. The van der Waals surface area contributed by atoms with E-state index in [1.807, 2.05) is 24.3 Å². The molecule has 0 aliphatic carbocycles. The van der Waals surface area contributed by atoms with Crippen LogP contribution in [-0.2, 0) is 17.6 Å². The smallest absolute Gasteiger partial charge is 0.254 e. The van der Waals surface area contributed by atoms with E-state index in [1.165, 1.54) is 5.56 Å². The summed E-state index contributed by atoms with van der Waals surface area (Å²) in [7, 11) is 0. The number of nitrogens with one attached hydrogen (secondary N) is 1. The highest BCUT2D eigenvalue weighted by molar-refractivity contribution is 5.97. The van der Waals surface area contributed by atoms with Crippen molar-refractivity contribution in [1.82, 2.24) is 10.3 Å². The third-order valence-electron chi connectivity index (χ3n) is 4.14. The van der Waals surface area contributed by atoms with Crippen LogP contribution in [0.3, 0.4) is 0 Å². The SMILES string of the molecule is CC(C)(C)c1ccc(C2(O)Cc3cnccc3C(=O)N2)cc1. The van der Waals surface area contributed by atoms with Crippen LogP contribution in [0.4, 0.5) is 0 Å². The minimum absolute atomic E-state index is 0.0491. The van der Waals surface area contributed by atoms with Gasteiger partial charge in [-0.15, -0.1) is 0 Å². The zero-order valence-electron chi connectivity index (χ0n) is 13.1. The minimum atomic E-state index is -1.39. The van der Waals surface area contributed by atoms with Crippen LogP contribution in [-0.4, -0.2) is 16.0 Å². The van der Waals surface area contributed by atoms with Gasteiger partial charge in [0.25, 0.3) is 5.91 Å². The van der Waals surface area contributed by atoms with Crippen molar-refractivity contribution >= 4 is 5.91 Å². The number of aliphatic hydroxyl groups is 1. The lowest BCUT2D eigenvalue weighted by molar-refractivity contribution is -0.00124. The van der Waals surface area contributed by atoms with E-state index in [-0.39, 0.29) is 11.3 Å². The summed E-state index contributed by atoms with van der Waals surface area (Å²) >= 11 is 0. The number of pyridine rings is 1. The summed E-state index contributed by atoms with van der Waals surface area (Å²) in [6.45, 7) is 6.42. The first kappa shape index (κ1) is 14.7. The summed E-state index contributed by atoms with van der Waals surface area (Å²) in [5, 5.41) is 13.6. The Balaban J connectivity index is 1.97. The molecule has 0 fully saturated rings. The Labute approximate surface area is 130 Å². The van der Waals surface area contributed by atoms with Gasteiger partial charge < -0.3 is 10.4 Å². The number of nitrogens with zero attached hydrogens (tertiary/aromatic N) is 1. The Morgan fingerprint density at radius 1 is 1.18 bits per heavy atom. The van der Waals surface area contributed by atoms with E-state index in [0.29, 0.717) is 17.5 Å². The number of carbonyl (C=O) groups excluding carboxylic acids is 1. The van der Waals surface area contributed by atoms with Crippen LogP contribution in [0.15, 0.2) is 42.7 Å². The van der Waals surface area contributed by atoms with Crippen LogP contribution in [0.2, 0.25) is 0 Å². The highest BCUT2D eigenvalue weighted by Crippen LogP contribution is 2.31. The molecule has 2 N–H and O–H groups in total. The second-order valence-electron chi connectivity index (χ2n) is 6.85. The number of fused-ring (bicyclic) bond motifs is 1. The fourth-order valence-corrected chi connectivity index (χ4v) is 2.78. The summed E-state index contributed by atoms with van der Waals surface area (Å²) in [4.78, 5) is 16.2. The highest BCUT2D eigenvalue weighted by Gasteiger charge is 2.37. The fraction of sp³-hybridized carbons (Fsp3) is 0.333. The van der Waals surface area contributed by atoms with Crippen LogP contribution in [0, 0.1) is 0 Å². The number of benzene rings is 1. The Morgan fingerprint density at radius 2 is 1.86 bits per heavy atom. The van der Waals surface area contributed by atoms with Gasteiger partial charge in [0.05, 0.1) is 0 Å². The first-order chi connectivity index (χ1) is 10.3. The zero-order chi connectivity index (χ0) is 16.0. The molecule has 0 saturated carbocycles. The standard InChI is InChI=1S/C18H20N2O2/c1-17(2,3)13-4-6-14(7-5-13)18(22)10-12-11-19-9-8-15(12)16(21)20-18/h4-9,11,22H,10H2,1-3H3,(H,20,21). The molecule has 1 atom stereocenters. The third-order valence-corrected chi connectivity index (χ3v) is 4.14. The lowest BCUT2D eigenvalue weighted by Gasteiger charge is -2.34.